The van der Waals surface area contributed by atoms with Crippen molar-refractivity contribution in [2.24, 2.45) is 0 Å². The van der Waals surface area contributed by atoms with E-state index in [1.165, 1.54) is 17.4 Å². The molecule has 166 valence electrons. The van der Waals surface area contributed by atoms with Gasteiger partial charge in [0.25, 0.3) is 0 Å². The molecule has 1 N–H and O–H groups in total. The van der Waals surface area contributed by atoms with Crippen LogP contribution in [0, 0.1) is 0 Å². The van der Waals surface area contributed by atoms with Crippen LogP contribution < -0.4 is 14.8 Å². The summed E-state index contributed by atoms with van der Waals surface area (Å²) in [5, 5.41) is 6.39. The van der Waals surface area contributed by atoms with Gasteiger partial charge < -0.3 is 14.8 Å². The fourth-order valence-corrected chi connectivity index (χ4v) is 4.38. The fraction of sp³-hybridized carbons (Fsp3) is 0.0769. The molecule has 4 aromatic rings. The molecule has 5 nitrogen and oxygen atoms in total. The standard InChI is InChI=1S/C26H21ClN2O3S/c1-31-20-12-10-17(24(15-20)32-2)11-13-25(30)28-19-7-5-6-18(14-19)23-16-33-26(29-23)21-8-3-4-9-22(21)27/h3-16H,1-2H3,(H,28,30)/b13-11+. The summed E-state index contributed by atoms with van der Waals surface area (Å²) in [5.41, 5.74) is 4.08. The molecule has 0 saturated heterocycles. The Morgan fingerprint density at radius 1 is 1.03 bits per heavy atom. The van der Waals surface area contributed by atoms with E-state index in [2.05, 4.69) is 5.32 Å². The van der Waals surface area contributed by atoms with Crippen molar-refractivity contribution in [2.75, 3.05) is 19.5 Å². The maximum atomic E-state index is 12.5. The molecule has 0 aliphatic heterocycles. The Labute approximate surface area is 201 Å². The Balaban J connectivity index is 1.48. The van der Waals surface area contributed by atoms with Gasteiger partial charge in [0.1, 0.15) is 16.5 Å². The third-order valence-electron chi connectivity index (χ3n) is 4.89. The molecule has 1 amide bonds. The highest BCUT2D eigenvalue weighted by Gasteiger charge is 2.10. The van der Waals surface area contributed by atoms with Crippen LogP contribution in [0.2, 0.25) is 5.02 Å². The minimum atomic E-state index is -0.250. The molecule has 0 radical (unpaired) electrons. The Kier molecular flexibility index (Phi) is 7.07. The van der Waals surface area contributed by atoms with Gasteiger partial charge in [0.2, 0.25) is 5.91 Å². The van der Waals surface area contributed by atoms with Gasteiger partial charge in [-0.2, -0.15) is 0 Å². The van der Waals surface area contributed by atoms with Crippen LogP contribution in [0.25, 0.3) is 27.9 Å². The minimum absolute atomic E-state index is 0.250. The van der Waals surface area contributed by atoms with E-state index >= 15 is 0 Å². The first-order chi connectivity index (χ1) is 16.1. The third kappa shape index (κ3) is 5.42. The van der Waals surface area contributed by atoms with Gasteiger partial charge in [-0.25, -0.2) is 4.98 Å². The molecule has 0 aliphatic rings. The summed E-state index contributed by atoms with van der Waals surface area (Å²) in [7, 11) is 3.17. The predicted octanol–water partition coefficient (Wildman–Crippen LogP) is 6.80. The highest BCUT2D eigenvalue weighted by molar-refractivity contribution is 7.13. The Morgan fingerprint density at radius 3 is 2.67 bits per heavy atom. The first kappa shape index (κ1) is 22.6. The molecular weight excluding hydrogens is 456 g/mol. The van der Waals surface area contributed by atoms with Gasteiger partial charge in [-0.05, 0) is 36.4 Å². The number of carbonyl (C=O) groups is 1. The van der Waals surface area contributed by atoms with Crippen molar-refractivity contribution in [2.45, 2.75) is 0 Å². The summed E-state index contributed by atoms with van der Waals surface area (Å²) >= 11 is 7.83. The number of hydrogen-bond acceptors (Lipinski definition) is 5. The SMILES string of the molecule is COc1ccc(/C=C/C(=O)Nc2cccc(-c3csc(-c4ccccc4Cl)n3)c2)c(OC)c1. The van der Waals surface area contributed by atoms with Crippen LogP contribution in [0.3, 0.4) is 0 Å². The van der Waals surface area contributed by atoms with E-state index in [0.717, 1.165) is 27.4 Å². The van der Waals surface area contributed by atoms with Crippen LogP contribution in [0.4, 0.5) is 5.69 Å². The highest BCUT2D eigenvalue weighted by Crippen LogP contribution is 2.33. The number of amides is 1. The lowest BCUT2D eigenvalue weighted by Crippen LogP contribution is -2.07. The number of anilines is 1. The van der Waals surface area contributed by atoms with E-state index in [-0.39, 0.29) is 5.91 Å². The summed E-state index contributed by atoms with van der Waals surface area (Å²) in [6.07, 6.45) is 3.17. The largest absolute Gasteiger partial charge is 0.497 e. The van der Waals surface area contributed by atoms with Gasteiger partial charge in [-0.15, -0.1) is 11.3 Å². The van der Waals surface area contributed by atoms with Crippen molar-refractivity contribution in [1.29, 1.82) is 0 Å². The zero-order valence-corrected chi connectivity index (χ0v) is 19.6. The van der Waals surface area contributed by atoms with Gasteiger partial charge in [-0.1, -0.05) is 41.9 Å². The molecule has 1 aromatic heterocycles. The average molecular weight is 477 g/mol. The van der Waals surface area contributed by atoms with Crippen LogP contribution in [-0.4, -0.2) is 25.1 Å². The molecule has 3 aromatic carbocycles. The van der Waals surface area contributed by atoms with Gasteiger partial charge in [0, 0.05) is 39.9 Å². The number of rotatable bonds is 7. The summed E-state index contributed by atoms with van der Waals surface area (Å²) in [4.78, 5) is 17.2. The summed E-state index contributed by atoms with van der Waals surface area (Å²) < 4.78 is 10.6. The molecule has 0 atom stereocenters. The number of hydrogen-bond donors (Lipinski definition) is 1. The number of nitrogens with zero attached hydrogens (tertiary/aromatic N) is 1. The number of ether oxygens (including phenoxy) is 2. The van der Waals surface area contributed by atoms with E-state index in [4.69, 9.17) is 26.1 Å². The number of halogens is 1. The molecule has 7 heteroatoms. The number of benzene rings is 3. The van der Waals surface area contributed by atoms with Crippen molar-refractivity contribution < 1.29 is 14.3 Å². The van der Waals surface area contributed by atoms with Gasteiger partial charge in [-0.3, -0.25) is 4.79 Å². The topological polar surface area (TPSA) is 60.5 Å². The van der Waals surface area contributed by atoms with Crippen molar-refractivity contribution in [1.82, 2.24) is 4.98 Å². The van der Waals surface area contributed by atoms with E-state index < -0.39 is 0 Å². The number of nitrogens with one attached hydrogen (secondary N) is 1. The summed E-state index contributed by atoms with van der Waals surface area (Å²) in [6, 6.07) is 20.6. The molecule has 1 heterocycles. The number of thiazole rings is 1. The average Bonchev–Trinajstić information content (AvgIpc) is 3.33. The molecule has 0 unspecified atom stereocenters. The van der Waals surface area contributed by atoms with Crippen LogP contribution in [-0.2, 0) is 4.79 Å². The number of methoxy groups -OCH3 is 2. The summed E-state index contributed by atoms with van der Waals surface area (Å²) in [6.45, 7) is 0. The Bertz CT molecular complexity index is 1320. The first-order valence-electron chi connectivity index (χ1n) is 10.1. The monoisotopic (exact) mass is 476 g/mol. The zero-order valence-electron chi connectivity index (χ0n) is 18.0. The fourth-order valence-electron chi connectivity index (χ4n) is 3.23. The third-order valence-corrected chi connectivity index (χ3v) is 6.09. The smallest absolute Gasteiger partial charge is 0.248 e. The molecule has 0 spiro atoms. The van der Waals surface area contributed by atoms with E-state index in [1.807, 2.05) is 66.0 Å². The molecular formula is C26H21ClN2O3S. The number of aromatic nitrogens is 1. The quantitative estimate of drug-likeness (QED) is 0.298. The predicted molar refractivity (Wildman–Crippen MR) is 135 cm³/mol. The second-order valence-corrected chi connectivity index (χ2v) is 8.29. The lowest BCUT2D eigenvalue weighted by molar-refractivity contribution is -0.111. The van der Waals surface area contributed by atoms with Crippen LogP contribution in [0.15, 0.2) is 78.2 Å². The normalized spacial score (nSPS) is 10.9. The van der Waals surface area contributed by atoms with Crippen LogP contribution in [0.5, 0.6) is 11.5 Å². The molecule has 0 aliphatic carbocycles. The van der Waals surface area contributed by atoms with Gasteiger partial charge >= 0.3 is 0 Å². The van der Waals surface area contributed by atoms with Crippen molar-refractivity contribution in [3.63, 3.8) is 0 Å². The second kappa shape index (κ2) is 10.3. The molecule has 4 rings (SSSR count). The van der Waals surface area contributed by atoms with Crippen LogP contribution >= 0.6 is 22.9 Å². The maximum Gasteiger partial charge on any atom is 0.248 e. The first-order valence-corrected chi connectivity index (χ1v) is 11.3. The molecule has 0 fully saturated rings. The van der Waals surface area contributed by atoms with E-state index in [1.54, 1.807) is 26.4 Å². The second-order valence-electron chi connectivity index (χ2n) is 7.03. The molecule has 0 saturated carbocycles. The van der Waals surface area contributed by atoms with E-state index in [9.17, 15) is 4.79 Å². The lowest BCUT2D eigenvalue weighted by Gasteiger charge is -2.07. The zero-order chi connectivity index (χ0) is 23.2. The van der Waals surface area contributed by atoms with Gasteiger partial charge in [0.15, 0.2) is 0 Å². The maximum absolute atomic E-state index is 12.5. The van der Waals surface area contributed by atoms with Gasteiger partial charge in [0.05, 0.1) is 24.9 Å². The minimum Gasteiger partial charge on any atom is -0.497 e. The number of carbonyl (C=O) groups excluding carboxylic acids is 1. The molecule has 0 bridgehead atoms. The lowest BCUT2D eigenvalue weighted by atomic mass is 10.1. The Morgan fingerprint density at radius 2 is 1.88 bits per heavy atom. The van der Waals surface area contributed by atoms with E-state index in [0.29, 0.717) is 22.2 Å². The highest BCUT2D eigenvalue weighted by atomic mass is 35.5. The Hall–Kier alpha value is -3.61. The van der Waals surface area contributed by atoms with Crippen molar-refractivity contribution in [3.8, 4) is 33.3 Å². The molecule has 33 heavy (non-hydrogen) atoms. The van der Waals surface area contributed by atoms with Crippen molar-refractivity contribution >= 4 is 40.6 Å². The van der Waals surface area contributed by atoms with Crippen LogP contribution in [0.1, 0.15) is 5.56 Å². The summed E-state index contributed by atoms with van der Waals surface area (Å²) in [5.74, 6) is 1.06. The van der Waals surface area contributed by atoms with Crippen molar-refractivity contribution in [3.05, 3.63) is 88.8 Å².